The summed E-state index contributed by atoms with van der Waals surface area (Å²) in [5.41, 5.74) is 3.30. The molecule has 0 saturated heterocycles. The van der Waals surface area contributed by atoms with Crippen molar-refractivity contribution in [1.82, 2.24) is 4.57 Å². The third kappa shape index (κ3) is 3.34. The highest BCUT2D eigenvalue weighted by Crippen LogP contribution is 2.24. The molecule has 0 aliphatic heterocycles. The number of fused-ring (bicyclic) bond motifs is 1. The third-order valence-corrected chi connectivity index (χ3v) is 4.20. The lowest BCUT2D eigenvalue weighted by atomic mass is 10.1. The normalized spacial score (nSPS) is 10.8. The maximum atomic E-state index is 12.3. The summed E-state index contributed by atoms with van der Waals surface area (Å²) in [6.45, 7) is 2.21. The van der Waals surface area contributed by atoms with Crippen molar-refractivity contribution in [3.63, 3.8) is 0 Å². The summed E-state index contributed by atoms with van der Waals surface area (Å²) in [4.78, 5) is 23.5. The Labute approximate surface area is 145 Å². The molecule has 0 aliphatic rings. The van der Waals surface area contributed by atoms with Gasteiger partial charge in [-0.3, -0.25) is 9.59 Å². The number of benzene rings is 2. The van der Waals surface area contributed by atoms with Crippen LogP contribution in [0.25, 0.3) is 10.9 Å². The van der Waals surface area contributed by atoms with Gasteiger partial charge in [0.2, 0.25) is 5.91 Å². The number of hydrogen-bond acceptors (Lipinski definition) is 2. The van der Waals surface area contributed by atoms with Crippen LogP contribution < -0.4 is 5.32 Å². The fourth-order valence-electron chi connectivity index (χ4n) is 2.70. The van der Waals surface area contributed by atoms with Gasteiger partial charge >= 0.3 is 0 Å². The van der Waals surface area contributed by atoms with Gasteiger partial charge in [0, 0.05) is 33.4 Å². The summed E-state index contributed by atoms with van der Waals surface area (Å²) >= 11 is 5.99. The lowest BCUT2D eigenvalue weighted by Crippen LogP contribution is -2.18. The van der Waals surface area contributed by atoms with E-state index >= 15 is 0 Å². The van der Waals surface area contributed by atoms with Gasteiger partial charge in [0.15, 0.2) is 6.29 Å². The van der Waals surface area contributed by atoms with Crippen LogP contribution in [-0.2, 0) is 17.8 Å². The Morgan fingerprint density at radius 2 is 1.96 bits per heavy atom. The molecule has 0 fully saturated rings. The third-order valence-electron chi connectivity index (χ3n) is 3.96. The van der Waals surface area contributed by atoms with E-state index < -0.39 is 0 Å². The molecule has 3 rings (SSSR count). The topological polar surface area (TPSA) is 51.1 Å². The first-order valence-corrected chi connectivity index (χ1v) is 8.11. The standard InChI is InChI=1S/C19H17ClN2O2/c1-2-13-3-6-16(7-4-13)21-19(24)11-22-10-14(12-23)17-9-15(20)5-8-18(17)22/h3-10,12H,2,11H2,1H3,(H,21,24). The van der Waals surface area contributed by atoms with E-state index in [9.17, 15) is 9.59 Å². The highest BCUT2D eigenvalue weighted by molar-refractivity contribution is 6.31. The molecular weight excluding hydrogens is 324 g/mol. The van der Waals surface area contributed by atoms with Crippen LogP contribution in [0.4, 0.5) is 5.69 Å². The van der Waals surface area contributed by atoms with Crippen LogP contribution >= 0.6 is 11.6 Å². The van der Waals surface area contributed by atoms with Gasteiger partial charge in [0.25, 0.3) is 0 Å². The first-order chi connectivity index (χ1) is 11.6. The van der Waals surface area contributed by atoms with E-state index in [1.807, 2.05) is 30.3 Å². The zero-order chi connectivity index (χ0) is 17.1. The number of rotatable bonds is 5. The predicted molar refractivity (Wildman–Crippen MR) is 96.8 cm³/mol. The van der Waals surface area contributed by atoms with E-state index in [4.69, 9.17) is 11.6 Å². The Morgan fingerprint density at radius 1 is 1.21 bits per heavy atom. The molecule has 0 atom stereocenters. The second kappa shape index (κ2) is 6.89. The van der Waals surface area contributed by atoms with Crippen LogP contribution in [0.3, 0.4) is 0 Å². The van der Waals surface area contributed by atoms with Gasteiger partial charge in [-0.05, 0) is 42.3 Å². The smallest absolute Gasteiger partial charge is 0.244 e. The largest absolute Gasteiger partial charge is 0.337 e. The molecule has 4 nitrogen and oxygen atoms in total. The van der Waals surface area contributed by atoms with Gasteiger partial charge in [0.05, 0.1) is 0 Å². The number of carbonyl (C=O) groups is 2. The number of carbonyl (C=O) groups excluding carboxylic acids is 2. The number of aryl methyl sites for hydroxylation is 1. The van der Waals surface area contributed by atoms with Crippen molar-refractivity contribution in [3.05, 3.63) is 64.8 Å². The summed E-state index contributed by atoms with van der Waals surface area (Å²) in [7, 11) is 0. The molecule has 0 bridgehead atoms. The van der Waals surface area contributed by atoms with Crippen LogP contribution in [0.15, 0.2) is 48.7 Å². The zero-order valence-corrected chi connectivity index (χ0v) is 14.0. The Bertz CT molecular complexity index is 898. The van der Waals surface area contributed by atoms with Crippen LogP contribution in [-0.4, -0.2) is 16.8 Å². The Hall–Kier alpha value is -2.59. The molecule has 1 N–H and O–H groups in total. The summed E-state index contributed by atoms with van der Waals surface area (Å²) in [6.07, 6.45) is 3.41. The summed E-state index contributed by atoms with van der Waals surface area (Å²) in [6, 6.07) is 13.1. The number of hydrogen-bond donors (Lipinski definition) is 1. The lowest BCUT2D eigenvalue weighted by molar-refractivity contribution is -0.116. The monoisotopic (exact) mass is 340 g/mol. The van der Waals surface area contributed by atoms with E-state index in [0.717, 1.165) is 29.3 Å². The number of aldehydes is 1. The summed E-state index contributed by atoms with van der Waals surface area (Å²) < 4.78 is 1.76. The Kier molecular flexibility index (Phi) is 4.67. The van der Waals surface area contributed by atoms with Gasteiger partial charge < -0.3 is 9.88 Å². The van der Waals surface area contributed by atoms with Crippen LogP contribution in [0.2, 0.25) is 5.02 Å². The highest BCUT2D eigenvalue weighted by atomic mass is 35.5. The molecule has 1 aromatic heterocycles. The maximum Gasteiger partial charge on any atom is 0.244 e. The van der Waals surface area contributed by atoms with E-state index in [1.165, 1.54) is 5.56 Å². The molecule has 5 heteroatoms. The minimum atomic E-state index is -0.149. The quantitative estimate of drug-likeness (QED) is 0.704. The number of nitrogens with one attached hydrogen (secondary N) is 1. The molecule has 2 aromatic carbocycles. The fraction of sp³-hybridized carbons (Fsp3) is 0.158. The number of anilines is 1. The molecule has 0 aliphatic carbocycles. The molecule has 24 heavy (non-hydrogen) atoms. The molecule has 1 heterocycles. The number of halogens is 1. The minimum absolute atomic E-state index is 0.126. The highest BCUT2D eigenvalue weighted by Gasteiger charge is 2.11. The molecule has 122 valence electrons. The molecule has 0 radical (unpaired) electrons. The van der Waals surface area contributed by atoms with Crippen molar-refractivity contribution >= 4 is 40.4 Å². The molecule has 0 saturated carbocycles. The average Bonchev–Trinajstić information content (AvgIpc) is 2.92. The number of aromatic nitrogens is 1. The first kappa shape index (κ1) is 16.3. The molecule has 1 amide bonds. The molecule has 0 unspecified atom stereocenters. The second-order valence-electron chi connectivity index (χ2n) is 5.59. The predicted octanol–water partition coefficient (Wildman–Crippen LogP) is 4.31. The van der Waals surface area contributed by atoms with Gasteiger partial charge in [-0.25, -0.2) is 0 Å². The van der Waals surface area contributed by atoms with E-state index in [1.54, 1.807) is 22.9 Å². The van der Waals surface area contributed by atoms with Gasteiger partial charge in [-0.1, -0.05) is 30.7 Å². The Balaban J connectivity index is 1.81. The van der Waals surface area contributed by atoms with E-state index in [2.05, 4.69) is 12.2 Å². The van der Waals surface area contributed by atoms with Crippen molar-refractivity contribution in [2.24, 2.45) is 0 Å². The van der Waals surface area contributed by atoms with Crippen LogP contribution in [0, 0.1) is 0 Å². The average molecular weight is 341 g/mol. The maximum absolute atomic E-state index is 12.3. The van der Waals surface area contributed by atoms with Crippen LogP contribution in [0.5, 0.6) is 0 Å². The van der Waals surface area contributed by atoms with E-state index in [0.29, 0.717) is 10.6 Å². The summed E-state index contributed by atoms with van der Waals surface area (Å²) in [5.74, 6) is -0.149. The summed E-state index contributed by atoms with van der Waals surface area (Å²) in [5, 5.41) is 4.18. The van der Waals surface area contributed by atoms with Crippen molar-refractivity contribution in [3.8, 4) is 0 Å². The van der Waals surface area contributed by atoms with Gasteiger partial charge in [0.1, 0.15) is 6.54 Å². The second-order valence-corrected chi connectivity index (χ2v) is 6.03. The van der Waals surface area contributed by atoms with Crippen molar-refractivity contribution in [2.75, 3.05) is 5.32 Å². The van der Waals surface area contributed by atoms with Crippen molar-refractivity contribution in [2.45, 2.75) is 19.9 Å². The lowest BCUT2D eigenvalue weighted by Gasteiger charge is -2.08. The molecular formula is C19H17ClN2O2. The number of amides is 1. The van der Waals surface area contributed by atoms with Crippen molar-refractivity contribution in [1.29, 1.82) is 0 Å². The van der Waals surface area contributed by atoms with Gasteiger partial charge in [-0.2, -0.15) is 0 Å². The minimum Gasteiger partial charge on any atom is -0.337 e. The van der Waals surface area contributed by atoms with Crippen molar-refractivity contribution < 1.29 is 9.59 Å². The SMILES string of the molecule is CCc1ccc(NC(=O)Cn2cc(C=O)c3cc(Cl)ccc32)cc1. The first-order valence-electron chi connectivity index (χ1n) is 7.73. The molecule has 3 aromatic rings. The molecule has 0 spiro atoms. The van der Waals surface area contributed by atoms with Gasteiger partial charge in [-0.15, -0.1) is 0 Å². The fourth-order valence-corrected chi connectivity index (χ4v) is 2.87. The Morgan fingerprint density at radius 3 is 2.62 bits per heavy atom. The van der Waals surface area contributed by atoms with Crippen LogP contribution in [0.1, 0.15) is 22.8 Å². The number of nitrogens with zero attached hydrogens (tertiary/aromatic N) is 1. The van der Waals surface area contributed by atoms with E-state index in [-0.39, 0.29) is 12.5 Å². The zero-order valence-electron chi connectivity index (χ0n) is 13.3.